The van der Waals surface area contributed by atoms with Crippen molar-refractivity contribution in [3.05, 3.63) is 65.7 Å². The van der Waals surface area contributed by atoms with Crippen LogP contribution in [-0.2, 0) is 9.53 Å². The highest BCUT2D eigenvalue weighted by Crippen LogP contribution is 3.02. The largest absolute Gasteiger partial charge is 0.478 e. The van der Waals surface area contributed by atoms with E-state index < -0.39 is 26.7 Å². The van der Waals surface area contributed by atoms with Crippen LogP contribution in [0.3, 0.4) is 0 Å². The molecule has 2 heterocycles. The molecule has 0 atom stereocenters. The molecule has 0 unspecified atom stereocenters. The summed E-state index contributed by atoms with van der Waals surface area (Å²) < 4.78 is 80.7. The van der Waals surface area contributed by atoms with E-state index in [2.05, 4.69) is 11.6 Å². The number of fused-ring (bicyclic) bond motifs is 1. The zero-order valence-corrected chi connectivity index (χ0v) is 22.0. The van der Waals surface area contributed by atoms with Gasteiger partial charge in [0.25, 0.3) is 0 Å². The number of aromatic nitrogens is 1. The summed E-state index contributed by atoms with van der Waals surface area (Å²) >= 11 is 0. The zero-order valence-electron chi connectivity index (χ0n) is 21.2. The summed E-state index contributed by atoms with van der Waals surface area (Å²) in [5.41, 5.74) is -0.759. The minimum Gasteiger partial charge on any atom is -0.478 e. The van der Waals surface area contributed by atoms with Crippen LogP contribution >= 0.6 is 10.2 Å². The first-order chi connectivity index (χ1) is 18.3. The molecule has 0 saturated heterocycles. The third-order valence-corrected chi connectivity index (χ3v) is 7.07. The van der Waals surface area contributed by atoms with Crippen molar-refractivity contribution in [3.8, 4) is 17.0 Å². The predicted octanol–water partition coefficient (Wildman–Crippen LogP) is 8.74. The molecule has 0 radical (unpaired) electrons. The summed E-state index contributed by atoms with van der Waals surface area (Å²) in [6.07, 6.45) is 10.4. The normalized spacial score (nSPS) is 13.5. The molecule has 12 heteroatoms. The number of rotatable bonds is 15. The number of nitrogens with zero attached hydrogens (tertiary/aromatic N) is 1. The van der Waals surface area contributed by atoms with Crippen LogP contribution in [0.15, 0.2) is 69.4 Å². The van der Waals surface area contributed by atoms with Gasteiger partial charge >= 0.3 is 21.8 Å². The van der Waals surface area contributed by atoms with Gasteiger partial charge in [-0.1, -0.05) is 76.7 Å². The number of halogens is 5. The maximum Gasteiger partial charge on any atom is 0.344 e. The van der Waals surface area contributed by atoms with Crippen LogP contribution in [0.2, 0.25) is 0 Å². The van der Waals surface area contributed by atoms with Crippen molar-refractivity contribution in [1.82, 2.24) is 4.98 Å². The van der Waals surface area contributed by atoms with E-state index >= 15 is 0 Å². The maximum absolute atomic E-state index is 13.0. The van der Waals surface area contributed by atoms with E-state index in [9.17, 15) is 29.0 Å². The van der Waals surface area contributed by atoms with Gasteiger partial charge in [-0.2, -0.15) is 0 Å². The van der Waals surface area contributed by atoms with Crippen LogP contribution in [0.4, 0.5) is 19.4 Å². The van der Waals surface area contributed by atoms with Gasteiger partial charge in [0, 0.05) is 17.5 Å². The molecule has 2 aromatic heterocycles. The number of carbonyl (C=O) groups excluding carboxylic acids is 1. The minimum atomic E-state index is -9.81. The Bertz CT molecular complexity index is 1360. The highest BCUT2D eigenvalue weighted by molar-refractivity contribution is 8.45. The summed E-state index contributed by atoms with van der Waals surface area (Å²) in [5, 5.41) is 0.422. The molecule has 0 saturated carbocycles. The molecule has 0 aliphatic rings. The standard InChI is InChI=1S/C27H30F5NO5S/c1-2-26(34)37-16-10-8-6-4-3-5-7-9-15-36-25-18-21-17-23(27(35)38-24(21)19-33-25)20-11-13-22(14-12-20)39(28,29,30,31)32/h2,11-14,17-19H,1,3-10,15-16H2. The molecular formula is C27H30F5NO5S. The van der Waals surface area contributed by atoms with Crippen LogP contribution in [0.5, 0.6) is 5.88 Å². The van der Waals surface area contributed by atoms with E-state index in [4.69, 9.17) is 13.9 Å². The fraction of sp³-hybridized carbons (Fsp3) is 0.370. The lowest BCUT2D eigenvalue weighted by Gasteiger charge is -2.40. The Balaban J connectivity index is 1.47. The van der Waals surface area contributed by atoms with E-state index in [1.807, 2.05) is 0 Å². The second-order valence-corrected chi connectivity index (χ2v) is 11.5. The number of hydrogen-bond donors (Lipinski definition) is 0. The molecule has 0 amide bonds. The first kappa shape index (κ1) is 30.1. The lowest BCUT2D eigenvalue weighted by Crippen LogP contribution is -2.07. The Morgan fingerprint density at radius 2 is 1.49 bits per heavy atom. The number of hydrogen-bond acceptors (Lipinski definition) is 6. The minimum absolute atomic E-state index is 0.00617. The topological polar surface area (TPSA) is 78.6 Å². The van der Waals surface area contributed by atoms with Crippen LogP contribution in [0.25, 0.3) is 22.1 Å². The maximum atomic E-state index is 13.0. The zero-order chi connectivity index (χ0) is 28.6. The molecule has 0 aliphatic carbocycles. The molecule has 0 fully saturated rings. The van der Waals surface area contributed by atoms with Crippen LogP contribution < -0.4 is 10.4 Å². The fourth-order valence-corrected chi connectivity index (χ4v) is 4.50. The van der Waals surface area contributed by atoms with Crippen molar-refractivity contribution in [3.63, 3.8) is 0 Å². The summed E-state index contributed by atoms with van der Waals surface area (Å²) in [5.74, 6) is -0.112. The molecule has 0 bridgehead atoms. The van der Waals surface area contributed by atoms with E-state index in [1.165, 1.54) is 18.3 Å². The second-order valence-electron chi connectivity index (χ2n) is 9.05. The number of pyridine rings is 1. The quantitative estimate of drug-likeness (QED) is 0.0780. The number of benzene rings is 1. The van der Waals surface area contributed by atoms with Crippen LogP contribution in [-0.4, -0.2) is 24.2 Å². The van der Waals surface area contributed by atoms with Crippen LogP contribution in [0, 0.1) is 0 Å². The average Bonchev–Trinajstić information content (AvgIpc) is 2.87. The van der Waals surface area contributed by atoms with Crippen molar-refractivity contribution in [2.24, 2.45) is 0 Å². The molecule has 3 rings (SSSR count). The van der Waals surface area contributed by atoms with Gasteiger partial charge in [-0.15, -0.1) is 0 Å². The molecular weight excluding hydrogens is 545 g/mol. The fourth-order valence-electron chi connectivity index (χ4n) is 3.85. The molecule has 39 heavy (non-hydrogen) atoms. The van der Waals surface area contributed by atoms with Crippen molar-refractivity contribution in [1.29, 1.82) is 0 Å². The Morgan fingerprint density at radius 3 is 2.08 bits per heavy atom. The van der Waals surface area contributed by atoms with Crippen LogP contribution in [0.1, 0.15) is 51.4 Å². The molecule has 0 aliphatic heterocycles. The van der Waals surface area contributed by atoms with Crippen molar-refractivity contribution in [2.75, 3.05) is 13.2 Å². The molecule has 214 valence electrons. The molecule has 6 nitrogen and oxygen atoms in total. The Kier molecular flexibility index (Phi) is 9.09. The summed E-state index contributed by atoms with van der Waals surface area (Å²) in [4.78, 5) is 25.3. The Morgan fingerprint density at radius 1 is 0.897 bits per heavy atom. The lowest BCUT2D eigenvalue weighted by atomic mass is 10.1. The van der Waals surface area contributed by atoms with Gasteiger partial charge in [0.2, 0.25) is 5.88 Å². The van der Waals surface area contributed by atoms with Gasteiger partial charge in [0.15, 0.2) is 5.58 Å². The predicted molar refractivity (Wildman–Crippen MR) is 141 cm³/mol. The molecule has 0 spiro atoms. The van der Waals surface area contributed by atoms with Gasteiger partial charge in [0.1, 0.15) is 4.90 Å². The summed E-state index contributed by atoms with van der Waals surface area (Å²) in [6, 6.07) is 5.07. The van der Waals surface area contributed by atoms with Gasteiger partial charge in [-0.05, 0) is 36.6 Å². The highest BCUT2D eigenvalue weighted by Gasteiger charge is 2.65. The highest BCUT2D eigenvalue weighted by atomic mass is 32.5. The first-order valence-corrected chi connectivity index (χ1v) is 14.4. The van der Waals surface area contributed by atoms with E-state index in [0.717, 1.165) is 69.6 Å². The summed E-state index contributed by atoms with van der Waals surface area (Å²) in [7, 11) is -9.81. The van der Waals surface area contributed by atoms with Crippen molar-refractivity contribution >= 4 is 27.2 Å². The monoisotopic (exact) mass is 575 g/mol. The smallest absolute Gasteiger partial charge is 0.344 e. The van der Waals surface area contributed by atoms with Crippen molar-refractivity contribution < 1.29 is 38.1 Å². The molecule has 0 N–H and O–H groups in total. The first-order valence-electron chi connectivity index (χ1n) is 12.5. The average molecular weight is 576 g/mol. The van der Waals surface area contributed by atoms with Crippen molar-refractivity contribution in [2.45, 2.75) is 56.3 Å². The van der Waals surface area contributed by atoms with Gasteiger partial charge in [-0.25, -0.2) is 14.6 Å². The van der Waals surface area contributed by atoms with E-state index in [0.29, 0.717) is 18.6 Å². The molecule has 3 aromatic rings. The third kappa shape index (κ3) is 9.38. The van der Waals surface area contributed by atoms with Gasteiger partial charge in [0.05, 0.1) is 25.0 Å². The SMILES string of the molecule is C=CC(=O)OCCCCCCCCCCOc1cc2cc(-c3ccc(S(F)(F)(F)(F)F)cc3)c(=O)oc2cn1. The Labute approximate surface area is 222 Å². The summed E-state index contributed by atoms with van der Waals surface area (Å²) in [6.45, 7) is 4.18. The number of esters is 1. The van der Waals surface area contributed by atoms with Gasteiger partial charge in [-0.3, -0.25) is 0 Å². The number of carbonyl (C=O) groups is 1. The molecule has 1 aromatic carbocycles. The number of unbranched alkanes of at least 4 members (excludes halogenated alkanes) is 7. The van der Waals surface area contributed by atoms with Gasteiger partial charge < -0.3 is 13.9 Å². The number of ether oxygens (including phenoxy) is 2. The third-order valence-electron chi connectivity index (χ3n) is 5.91. The lowest BCUT2D eigenvalue weighted by molar-refractivity contribution is -0.137. The second kappa shape index (κ2) is 11.8. The van der Waals surface area contributed by atoms with E-state index in [1.54, 1.807) is 0 Å². The van der Waals surface area contributed by atoms with E-state index in [-0.39, 0.29) is 34.7 Å². The Hall–Kier alpha value is -3.41.